The van der Waals surface area contributed by atoms with E-state index in [1.165, 1.54) is 0 Å². The summed E-state index contributed by atoms with van der Waals surface area (Å²) in [5.74, 6) is 0.289. The number of hydrogen-bond donors (Lipinski definition) is 4. The zero-order chi connectivity index (χ0) is 22.5. The van der Waals surface area contributed by atoms with E-state index < -0.39 is 6.04 Å². The van der Waals surface area contributed by atoms with E-state index in [0.717, 1.165) is 23.2 Å². The van der Waals surface area contributed by atoms with Gasteiger partial charge in [-0.1, -0.05) is 29.3 Å². The zero-order valence-corrected chi connectivity index (χ0v) is 19.1. The summed E-state index contributed by atoms with van der Waals surface area (Å²) in [7, 11) is 0. The van der Waals surface area contributed by atoms with Crippen LogP contribution in [0.1, 0.15) is 30.2 Å². The van der Waals surface area contributed by atoms with Crippen molar-refractivity contribution < 1.29 is 9.59 Å². The second-order valence-corrected chi connectivity index (χ2v) is 8.85. The summed E-state index contributed by atoms with van der Waals surface area (Å²) in [4.78, 5) is 29.2. The molecule has 2 heterocycles. The number of rotatable bonds is 7. The maximum absolute atomic E-state index is 12.6. The molecule has 1 aliphatic heterocycles. The van der Waals surface area contributed by atoms with Gasteiger partial charge in [0.05, 0.1) is 6.04 Å². The number of hydrogen-bond acceptors (Lipinski definition) is 5. The lowest BCUT2D eigenvalue weighted by atomic mass is 9.96. The molecule has 2 amide bonds. The average molecular weight is 464 g/mol. The summed E-state index contributed by atoms with van der Waals surface area (Å²) >= 11 is 12.1. The van der Waals surface area contributed by atoms with Gasteiger partial charge in [-0.3, -0.25) is 9.59 Å². The molecular weight excluding hydrogens is 437 g/mol. The first-order valence-corrected chi connectivity index (χ1v) is 11.0. The van der Waals surface area contributed by atoms with E-state index in [1.54, 1.807) is 19.1 Å². The van der Waals surface area contributed by atoms with Gasteiger partial charge < -0.3 is 21.7 Å². The van der Waals surface area contributed by atoms with Gasteiger partial charge in [0.25, 0.3) is 0 Å². The van der Waals surface area contributed by atoms with Crippen molar-refractivity contribution in [2.75, 3.05) is 12.3 Å². The zero-order valence-electron chi connectivity index (χ0n) is 17.5. The SMILES string of the molecule is Cc1nc(N)ccc1CNC(=O)[C@H](C)NC(=O)[C@H]1C[C@H](Cc2cc(Cl)cc(Cl)c2)CN1. The third kappa shape index (κ3) is 6.56. The summed E-state index contributed by atoms with van der Waals surface area (Å²) in [6.07, 6.45) is 1.46. The molecule has 0 spiro atoms. The molecule has 0 unspecified atom stereocenters. The van der Waals surface area contributed by atoms with Crippen LogP contribution in [0.5, 0.6) is 0 Å². The second-order valence-electron chi connectivity index (χ2n) is 7.97. The largest absolute Gasteiger partial charge is 0.384 e. The highest BCUT2D eigenvalue weighted by Gasteiger charge is 2.31. The number of amides is 2. The quantitative estimate of drug-likeness (QED) is 0.504. The van der Waals surface area contributed by atoms with Crippen molar-refractivity contribution in [2.24, 2.45) is 5.92 Å². The Balaban J connectivity index is 1.46. The Bertz CT molecular complexity index is 949. The summed E-state index contributed by atoms with van der Waals surface area (Å²) < 4.78 is 0. The van der Waals surface area contributed by atoms with E-state index in [4.69, 9.17) is 28.9 Å². The maximum Gasteiger partial charge on any atom is 0.242 e. The first-order valence-electron chi connectivity index (χ1n) is 10.2. The highest BCUT2D eigenvalue weighted by atomic mass is 35.5. The number of aromatic nitrogens is 1. The summed E-state index contributed by atoms with van der Waals surface area (Å²) in [5.41, 5.74) is 8.34. The number of halogens is 2. The predicted molar refractivity (Wildman–Crippen MR) is 123 cm³/mol. The van der Waals surface area contributed by atoms with Crippen molar-refractivity contribution in [3.63, 3.8) is 0 Å². The van der Waals surface area contributed by atoms with Crippen molar-refractivity contribution in [3.8, 4) is 0 Å². The lowest BCUT2D eigenvalue weighted by Crippen LogP contribution is -2.50. The van der Waals surface area contributed by atoms with E-state index in [9.17, 15) is 9.59 Å². The van der Waals surface area contributed by atoms with Gasteiger partial charge in [0.15, 0.2) is 0 Å². The van der Waals surface area contributed by atoms with E-state index >= 15 is 0 Å². The van der Waals surface area contributed by atoms with Crippen LogP contribution in [-0.2, 0) is 22.6 Å². The number of aryl methyl sites for hydroxylation is 1. The van der Waals surface area contributed by atoms with Crippen LogP contribution in [-0.4, -0.2) is 35.4 Å². The molecule has 1 aromatic heterocycles. The van der Waals surface area contributed by atoms with Gasteiger partial charge in [-0.2, -0.15) is 0 Å². The van der Waals surface area contributed by atoms with Crippen molar-refractivity contribution in [2.45, 2.75) is 45.3 Å². The third-order valence-corrected chi connectivity index (χ3v) is 5.84. The first-order chi connectivity index (χ1) is 14.7. The Morgan fingerprint density at radius 1 is 1.26 bits per heavy atom. The minimum Gasteiger partial charge on any atom is -0.384 e. The molecule has 5 N–H and O–H groups in total. The second kappa shape index (κ2) is 10.3. The Labute approximate surface area is 192 Å². The Morgan fingerprint density at radius 2 is 1.97 bits per heavy atom. The number of nitrogens with two attached hydrogens (primary N) is 1. The molecule has 1 aliphatic rings. The minimum atomic E-state index is -0.651. The molecule has 3 rings (SSSR count). The van der Waals surface area contributed by atoms with Crippen LogP contribution in [0.3, 0.4) is 0 Å². The molecule has 9 heteroatoms. The van der Waals surface area contributed by atoms with Crippen LogP contribution in [0, 0.1) is 12.8 Å². The smallest absolute Gasteiger partial charge is 0.242 e. The van der Waals surface area contributed by atoms with Crippen LogP contribution >= 0.6 is 23.2 Å². The fourth-order valence-electron chi connectivity index (χ4n) is 3.74. The molecule has 1 fully saturated rings. The normalized spacial score (nSPS) is 19.1. The number of nitrogens with zero attached hydrogens (tertiary/aromatic N) is 1. The third-order valence-electron chi connectivity index (χ3n) is 5.41. The standard InChI is InChI=1S/C22H27Cl2N5O2/c1-12-16(3-4-20(25)28-12)11-27-21(30)13(2)29-22(31)19-8-15(10-26-19)5-14-6-17(23)9-18(24)7-14/h3-4,6-7,9,13,15,19,26H,5,8,10-11H2,1-2H3,(H2,25,28)(H,27,30)(H,29,31)/t13-,15-,19+/m0/s1. The summed E-state index contributed by atoms with van der Waals surface area (Å²) in [5, 5.41) is 10.1. The van der Waals surface area contributed by atoms with Crippen molar-refractivity contribution in [1.29, 1.82) is 0 Å². The number of nitrogen functional groups attached to an aromatic ring is 1. The molecule has 3 atom stereocenters. The number of pyridine rings is 1. The maximum atomic E-state index is 12.6. The predicted octanol–water partition coefficient (Wildman–Crippen LogP) is 2.62. The molecule has 0 radical (unpaired) electrons. The van der Waals surface area contributed by atoms with Gasteiger partial charge in [0, 0.05) is 22.3 Å². The van der Waals surface area contributed by atoms with Gasteiger partial charge >= 0.3 is 0 Å². The molecule has 0 aliphatic carbocycles. The van der Waals surface area contributed by atoms with E-state index in [2.05, 4.69) is 20.9 Å². The lowest BCUT2D eigenvalue weighted by molar-refractivity contribution is -0.129. The van der Waals surface area contributed by atoms with Crippen LogP contribution in [0.15, 0.2) is 30.3 Å². The number of carbonyl (C=O) groups excluding carboxylic acids is 2. The molecule has 2 aromatic rings. The van der Waals surface area contributed by atoms with Gasteiger partial charge in [0.1, 0.15) is 11.9 Å². The van der Waals surface area contributed by atoms with E-state index in [-0.39, 0.29) is 23.8 Å². The molecule has 7 nitrogen and oxygen atoms in total. The first kappa shape index (κ1) is 23.3. The molecule has 31 heavy (non-hydrogen) atoms. The van der Waals surface area contributed by atoms with Gasteiger partial charge in [-0.05, 0) is 74.5 Å². The van der Waals surface area contributed by atoms with E-state index in [0.29, 0.717) is 35.4 Å². The van der Waals surface area contributed by atoms with Crippen LogP contribution in [0.4, 0.5) is 5.82 Å². The Hall–Kier alpha value is -2.35. The molecule has 166 valence electrons. The fourth-order valence-corrected chi connectivity index (χ4v) is 4.31. The van der Waals surface area contributed by atoms with Gasteiger partial charge in [0.2, 0.25) is 11.8 Å². The van der Waals surface area contributed by atoms with Crippen molar-refractivity contribution in [3.05, 3.63) is 57.2 Å². The molecular formula is C22H27Cl2N5O2. The Morgan fingerprint density at radius 3 is 2.65 bits per heavy atom. The minimum absolute atomic E-state index is 0.181. The number of benzene rings is 1. The molecule has 0 saturated carbocycles. The molecule has 0 bridgehead atoms. The molecule has 1 saturated heterocycles. The van der Waals surface area contributed by atoms with Gasteiger partial charge in [-0.25, -0.2) is 4.98 Å². The fraction of sp³-hybridized carbons (Fsp3) is 0.409. The highest BCUT2D eigenvalue weighted by Crippen LogP contribution is 2.24. The number of anilines is 1. The van der Waals surface area contributed by atoms with Crippen molar-refractivity contribution in [1.82, 2.24) is 20.9 Å². The topological polar surface area (TPSA) is 109 Å². The molecule has 1 aromatic carbocycles. The summed E-state index contributed by atoms with van der Waals surface area (Å²) in [6, 6.07) is 8.03. The monoisotopic (exact) mass is 463 g/mol. The summed E-state index contributed by atoms with van der Waals surface area (Å²) in [6.45, 7) is 4.54. The van der Waals surface area contributed by atoms with Crippen LogP contribution in [0.25, 0.3) is 0 Å². The highest BCUT2D eigenvalue weighted by molar-refractivity contribution is 6.34. The van der Waals surface area contributed by atoms with E-state index in [1.807, 2.05) is 25.1 Å². The van der Waals surface area contributed by atoms with Crippen LogP contribution < -0.4 is 21.7 Å². The number of carbonyl (C=O) groups is 2. The number of nitrogens with one attached hydrogen (secondary N) is 3. The van der Waals surface area contributed by atoms with Gasteiger partial charge in [-0.15, -0.1) is 0 Å². The lowest BCUT2D eigenvalue weighted by Gasteiger charge is -2.17. The average Bonchev–Trinajstić information content (AvgIpc) is 3.14. The van der Waals surface area contributed by atoms with Crippen molar-refractivity contribution >= 4 is 40.8 Å². The Kier molecular flexibility index (Phi) is 7.75. The van der Waals surface area contributed by atoms with Crippen LogP contribution in [0.2, 0.25) is 10.0 Å².